The van der Waals surface area contributed by atoms with E-state index in [-0.39, 0.29) is 18.2 Å². The lowest BCUT2D eigenvalue weighted by atomic mass is 10.1. The smallest absolute Gasteiger partial charge is 0.269 e. The molecular weight excluding hydrogens is 502 g/mol. The fraction of sp³-hybridized carbons (Fsp3) is 0.154. The van der Waals surface area contributed by atoms with Crippen LogP contribution in [0.1, 0.15) is 23.6 Å². The SMILES string of the molecule is CCOc1cc(/C=C2/SC(=Nc3cccc(Cl)c3C)NC2=O)ccc1OCc1cccc([N+](=O)[O-])c1. The zero-order valence-electron chi connectivity index (χ0n) is 19.5. The van der Waals surface area contributed by atoms with Crippen molar-refractivity contribution in [3.05, 3.63) is 97.4 Å². The fourth-order valence-corrected chi connectivity index (χ4v) is 4.39. The van der Waals surface area contributed by atoms with Gasteiger partial charge in [0.15, 0.2) is 16.7 Å². The van der Waals surface area contributed by atoms with Crippen LogP contribution in [0.15, 0.2) is 70.6 Å². The molecule has 4 rings (SSSR count). The largest absolute Gasteiger partial charge is 0.490 e. The number of aliphatic imine (C=N–C) groups is 1. The van der Waals surface area contributed by atoms with Crippen LogP contribution in [0, 0.1) is 17.0 Å². The predicted octanol–water partition coefficient (Wildman–Crippen LogP) is 6.43. The second-order valence-electron chi connectivity index (χ2n) is 7.72. The molecule has 0 radical (unpaired) electrons. The minimum atomic E-state index is -0.444. The average Bonchev–Trinajstić information content (AvgIpc) is 3.20. The Morgan fingerprint density at radius 1 is 1.11 bits per heavy atom. The van der Waals surface area contributed by atoms with Gasteiger partial charge in [0.1, 0.15) is 6.61 Å². The van der Waals surface area contributed by atoms with Gasteiger partial charge in [-0.2, -0.15) is 0 Å². The van der Waals surface area contributed by atoms with E-state index in [2.05, 4.69) is 10.3 Å². The highest BCUT2D eigenvalue weighted by Gasteiger charge is 2.24. The summed E-state index contributed by atoms with van der Waals surface area (Å²) < 4.78 is 11.6. The van der Waals surface area contributed by atoms with Gasteiger partial charge in [-0.25, -0.2) is 4.99 Å². The number of nitrogens with one attached hydrogen (secondary N) is 1. The second kappa shape index (κ2) is 11.3. The molecule has 1 N–H and O–H groups in total. The molecule has 3 aromatic carbocycles. The minimum absolute atomic E-state index is 0.00359. The maximum atomic E-state index is 12.5. The van der Waals surface area contributed by atoms with Gasteiger partial charge < -0.3 is 14.8 Å². The highest BCUT2D eigenvalue weighted by molar-refractivity contribution is 8.18. The molecular formula is C26H22ClN3O5S. The summed E-state index contributed by atoms with van der Waals surface area (Å²) in [6.45, 7) is 4.29. The van der Waals surface area contributed by atoms with E-state index < -0.39 is 4.92 Å². The number of carbonyl (C=O) groups is 1. The van der Waals surface area contributed by atoms with Gasteiger partial charge in [-0.1, -0.05) is 35.9 Å². The number of non-ortho nitro benzene ring substituents is 1. The van der Waals surface area contributed by atoms with Crippen LogP contribution in [0.4, 0.5) is 11.4 Å². The molecule has 184 valence electrons. The molecule has 0 aromatic heterocycles. The van der Waals surface area contributed by atoms with Crippen LogP contribution < -0.4 is 14.8 Å². The molecule has 10 heteroatoms. The fourth-order valence-electron chi connectivity index (χ4n) is 3.38. The van der Waals surface area contributed by atoms with Crippen molar-refractivity contribution >= 4 is 51.9 Å². The van der Waals surface area contributed by atoms with E-state index in [0.717, 1.165) is 11.1 Å². The Kier molecular flexibility index (Phi) is 7.92. The third kappa shape index (κ3) is 6.05. The Morgan fingerprint density at radius 3 is 2.69 bits per heavy atom. The lowest BCUT2D eigenvalue weighted by molar-refractivity contribution is -0.384. The van der Waals surface area contributed by atoms with Crippen molar-refractivity contribution in [2.45, 2.75) is 20.5 Å². The van der Waals surface area contributed by atoms with Crippen molar-refractivity contribution in [3.63, 3.8) is 0 Å². The van der Waals surface area contributed by atoms with Crippen molar-refractivity contribution in [3.8, 4) is 11.5 Å². The number of hydrogen-bond donors (Lipinski definition) is 1. The van der Waals surface area contributed by atoms with Crippen molar-refractivity contribution in [2.75, 3.05) is 6.61 Å². The molecule has 0 saturated carbocycles. The zero-order valence-corrected chi connectivity index (χ0v) is 21.1. The van der Waals surface area contributed by atoms with E-state index in [0.29, 0.717) is 44.5 Å². The van der Waals surface area contributed by atoms with Crippen LogP contribution in [0.5, 0.6) is 11.5 Å². The van der Waals surface area contributed by atoms with Crippen molar-refractivity contribution in [1.29, 1.82) is 0 Å². The summed E-state index contributed by atoms with van der Waals surface area (Å²) in [6.07, 6.45) is 1.75. The van der Waals surface area contributed by atoms with Crippen LogP contribution in [0.2, 0.25) is 5.02 Å². The Morgan fingerprint density at radius 2 is 1.92 bits per heavy atom. The topological polar surface area (TPSA) is 103 Å². The third-order valence-corrected chi connectivity index (χ3v) is 6.51. The van der Waals surface area contributed by atoms with Gasteiger partial charge in [0.05, 0.1) is 22.1 Å². The summed E-state index contributed by atoms with van der Waals surface area (Å²) in [7, 11) is 0. The molecule has 0 aliphatic carbocycles. The van der Waals surface area contributed by atoms with E-state index in [1.807, 2.05) is 32.0 Å². The lowest BCUT2D eigenvalue weighted by Crippen LogP contribution is -2.19. The molecule has 8 nitrogen and oxygen atoms in total. The number of thioether (sulfide) groups is 1. The highest BCUT2D eigenvalue weighted by Crippen LogP contribution is 2.34. The molecule has 1 saturated heterocycles. The second-order valence-corrected chi connectivity index (χ2v) is 9.16. The summed E-state index contributed by atoms with van der Waals surface area (Å²) in [6, 6.07) is 17.0. The summed E-state index contributed by atoms with van der Waals surface area (Å²) in [4.78, 5) is 28.1. The number of rotatable bonds is 8. The Hall–Kier alpha value is -3.82. The number of nitro groups is 1. The maximum Gasteiger partial charge on any atom is 0.269 e. The number of benzene rings is 3. The summed E-state index contributed by atoms with van der Waals surface area (Å²) in [5.74, 6) is 0.749. The van der Waals surface area contributed by atoms with Crippen LogP contribution in [-0.2, 0) is 11.4 Å². The molecule has 0 bridgehead atoms. The number of ether oxygens (including phenoxy) is 2. The molecule has 36 heavy (non-hydrogen) atoms. The van der Waals surface area contributed by atoms with E-state index >= 15 is 0 Å². The number of amidine groups is 1. The van der Waals surface area contributed by atoms with Gasteiger partial charge in [0.25, 0.3) is 11.6 Å². The van der Waals surface area contributed by atoms with E-state index in [9.17, 15) is 14.9 Å². The highest BCUT2D eigenvalue weighted by atomic mass is 35.5. The molecule has 0 spiro atoms. The molecule has 1 fully saturated rings. The summed E-state index contributed by atoms with van der Waals surface area (Å²) in [5, 5.41) is 14.9. The molecule has 1 aliphatic rings. The van der Waals surface area contributed by atoms with Gasteiger partial charge in [-0.3, -0.25) is 14.9 Å². The zero-order chi connectivity index (χ0) is 25.7. The normalized spacial score (nSPS) is 15.2. The van der Waals surface area contributed by atoms with Gasteiger partial charge >= 0.3 is 0 Å². The van der Waals surface area contributed by atoms with Gasteiger partial charge in [-0.15, -0.1) is 0 Å². The molecule has 3 aromatic rings. The average molecular weight is 524 g/mol. The first-order valence-electron chi connectivity index (χ1n) is 11.0. The number of nitro benzene ring substituents is 1. The molecule has 0 unspecified atom stereocenters. The predicted molar refractivity (Wildman–Crippen MR) is 142 cm³/mol. The Balaban J connectivity index is 1.52. The number of amides is 1. The molecule has 0 atom stereocenters. The number of halogens is 1. The number of nitrogens with zero attached hydrogens (tertiary/aromatic N) is 2. The van der Waals surface area contributed by atoms with Gasteiger partial charge in [-0.05, 0) is 72.6 Å². The lowest BCUT2D eigenvalue weighted by Gasteiger charge is -2.13. The first-order valence-corrected chi connectivity index (χ1v) is 12.2. The van der Waals surface area contributed by atoms with Crippen LogP contribution in [0.25, 0.3) is 6.08 Å². The van der Waals surface area contributed by atoms with Gasteiger partial charge in [0.2, 0.25) is 0 Å². The van der Waals surface area contributed by atoms with Crippen LogP contribution >= 0.6 is 23.4 Å². The number of carbonyl (C=O) groups excluding carboxylic acids is 1. The van der Waals surface area contributed by atoms with Crippen LogP contribution in [0.3, 0.4) is 0 Å². The standard InChI is InChI=1S/C26H22ClN3O5S/c1-3-34-23-13-17(10-11-22(23)35-15-18-6-4-7-19(12-18)30(32)33)14-24-25(31)29-26(36-24)28-21-9-5-8-20(27)16(21)2/h4-14H,3,15H2,1-2H3,(H,28,29,31)/b24-14+. The molecule has 1 aliphatic heterocycles. The molecule has 1 amide bonds. The van der Waals surface area contributed by atoms with Crippen molar-refractivity contribution < 1.29 is 19.2 Å². The van der Waals surface area contributed by atoms with Crippen molar-refractivity contribution in [1.82, 2.24) is 5.32 Å². The van der Waals surface area contributed by atoms with E-state index in [4.69, 9.17) is 21.1 Å². The van der Waals surface area contributed by atoms with E-state index in [1.165, 1.54) is 23.9 Å². The summed E-state index contributed by atoms with van der Waals surface area (Å²) >= 11 is 7.41. The maximum absolute atomic E-state index is 12.5. The Labute approximate surface area is 217 Å². The first kappa shape index (κ1) is 25.3. The van der Waals surface area contributed by atoms with Crippen LogP contribution in [-0.4, -0.2) is 22.6 Å². The first-order chi connectivity index (χ1) is 17.3. The minimum Gasteiger partial charge on any atom is -0.490 e. The summed E-state index contributed by atoms with van der Waals surface area (Å²) in [5.41, 5.74) is 2.94. The molecule has 1 heterocycles. The monoisotopic (exact) mass is 523 g/mol. The quantitative estimate of drug-likeness (QED) is 0.207. The van der Waals surface area contributed by atoms with Crippen molar-refractivity contribution in [2.24, 2.45) is 4.99 Å². The Bertz CT molecular complexity index is 1390. The third-order valence-electron chi connectivity index (χ3n) is 5.19. The van der Waals surface area contributed by atoms with E-state index in [1.54, 1.807) is 36.4 Å². The van der Waals surface area contributed by atoms with Gasteiger partial charge in [0, 0.05) is 17.2 Å². The number of hydrogen-bond acceptors (Lipinski definition) is 7.